The third kappa shape index (κ3) is 6.03. The molecule has 0 unspecified atom stereocenters. The van der Waals surface area contributed by atoms with Crippen LogP contribution in [0.4, 0.5) is 11.4 Å². The maximum atomic E-state index is 12.8. The molecule has 3 N–H and O–H groups in total. The Labute approximate surface area is 215 Å². The van der Waals surface area contributed by atoms with E-state index in [1.807, 2.05) is 6.07 Å². The van der Waals surface area contributed by atoms with Crippen molar-refractivity contribution >= 4 is 11.4 Å². The van der Waals surface area contributed by atoms with Crippen LogP contribution in [0.15, 0.2) is 39.9 Å². The number of benzene rings is 1. The van der Waals surface area contributed by atoms with Gasteiger partial charge in [0.15, 0.2) is 0 Å². The quantitative estimate of drug-likeness (QED) is 0.415. The SMILES string of the molecule is NC[C@H](CC1CCCCC1)Nc1c(N2CCC[C@@H]([C@@H](OCCC3CC3)c3ccccc3)C2)c(=O)c1=O. The normalized spacial score (nSPS) is 23.0. The molecular weight excluding hydrogens is 450 g/mol. The van der Waals surface area contributed by atoms with Crippen molar-refractivity contribution in [3.8, 4) is 0 Å². The van der Waals surface area contributed by atoms with E-state index in [1.165, 1.54) is 50.5 Å². The smallest absolute Gasteiger partial charge is 0.253 e. The first-order valence-electron chi connectivity index (χ1n) is 14.4. The molecule has 3 fully saturated rings. The number of nitrogens with two attached hydrogens (primary N) is 1. The molecule has 2 aromatic rings. The van der Waals surface area contributed by atoms with E-state index in [4.69, 9.17) is 10.5 Å². The molecule has 0 amide bonds. The molecule has 2 aliphatic carbocycles. The third-order valence-corrected chi connectivity index (χ3v) is 8.71. The van der Waals surface area contributed by atoms with Crippen LogP contribution in [0, 0.1) is 17.8 Å². The van der Waals surface area contributed by atoms with Crippen LogP contribution >= 0.6 is 0 Å². The number of hydrogen-bond acceptors (Lipinski definition) is 6. The highest BCUT2D eigenvalue weighted by Gasteiger charge is 2.35. The fourth-order valence-corrected chi connectivity index (χ4v) is 6.43. The number of anilines is 2. The summed E-state index contributed by atoms with van der Waals surface area (Å²) in [5.41, 5.74) is 7.66. The molecule has 0 bridgehead atoms. The number of ether oxygens (including phenoxy) is 1. The van der Waals surface area contributed by atoms with Crippen molar-refractivity contribution in [2.24, 2.45) is 23.5 Å². The molecule has 1 saturated heterocycles. The fourth-order valence-electron chi connectivity index (χ4n) is 6.43. The minimum Gasteiger partial charge on any atom is -0.376 e. The van der Waals surface area contributed by atoms with Gasteiger partial charge in [-0.25, -0.2) is 0 Å². The summed E-state index contributed by atoms with van der Waals surface area (Å²) in [6, 6.07) is 10.5. The van der Waals surface area contributed by atoms with Crippen LogP contribution < -0.4 is 26.8 Å². The van der Waals surface area contributed by atoms with Crippen molar-refractivity contribution in [1.82, 2.24) is 0 Å². The maximum Gasteiger partial charge on any atom is 0.253 e. The van der Waals surface area contributed by atoms with E-state index in [-0.39, 0.29) is 28.9 Å². The van der Waals surface area contributed by atoms with Crippen molar-refractivity contribution in [3.05, 3.63) is 56.3 Å². The summed E-state index contributed by atoms with van der Waals surface area (Å²) >= 11 is 0. The largest absolute Gasteiger partial charge is 0.376 e. The second-order valence-electron chi connectivity index (χ2n) is 11.5. The van der Waals surface area contributed by atoms with E-state index in [0.717, 1.165) is 51.3 Å². The van der Waals surface area contributed by atoms with Gasteiger partial charge in [0.1, 0.15) is 11.4 Å². The summed E-state index contributed by atoms with van der Waals surface area (Å²) in [6.07, 6.45) is 13.2. The Balaban J connectivity index is 1.28. The molecule has 196 valence electrons. The lowest BCUT2D eigenvalue weighted by Gasteiger charge is -2.39. The molecule has 2 aromatic carbocycles. The zero-order chi connectivity index (χ0) is 24.9. The molecule has 36 heavy (non-hydrogen) atoms. The van der Waals surface area contributed by atoms with E-state index < -0.39 is 0 Å². The second kappa shape index (κ2) is 11.9. The average Bonchev–Trinajstić information content (AvgIpc) is 3.75. The van der Waals surface area contributed by atoms with E-state index in [1.54, 1.807) is 0 Å². The average molecular weight is 494 g/mol. The number of nitrogens with one attached hydrogen (secondary N) is 1. The monoisotopic (exact) mass is 493 g/mol. The summed E-state index contributed by atoms with van der Waals surface area (Å²) in [5, 5.41) is 3.42. The summed E-state index contributed by atoms with van der Waals surface area (Å²) in [5.74, 6) is 1.78. The van der Waals surface area contributed by atoms with Gasteiger partial charge in [-0.2, -0.15) is 0 Å². The van der Waals surface area contributed by atoms with Crippen molar-refractivity contribution in [2.45, 2.75) is 82.8 Å². The molecule has 6 nitrogen and oxygen atoms in total. The van der Waals surface area contributed by atoms with Gasteiger partial charge in [0.05, 0.1) is 6.10 Å². The Bertz CT molecular complexity index is 1040. The highest BCUT2D eigenvalue weighted by molar-refractivity contribution is 5.75. The standard InChI is InChI=1S/C30H43N3O3/c31-19-25(18-22-8-3-1-4-9-22)32-26-27(29(35)28(26)34)33-16-7-12-24(20-33)30(23-10-5-2-6-11-23)36-17-15-21-13-14-21/h2,5-6,10-11,21-22,24-25,30,32H,1,3-4,7-9,12-20,31H2/t24-,25+,30+/m1/s1. The molecule has 2 saturated carbocycles. The Morgan fingerprint density at radius 1 is 0.944 bits per heavy atom. The first kappa shape index (κ1) is 25.5. The molecule has 3 aliphatic rings. The third-order valence-electron chi connectivity index (χ3n) is 8.71. The lowest BCUT2D eigenvalue weighted by Crippen LogP contribution is -2.48. The van der Waals surface area contributed by atoms with Gasteiger partial charge in [-0.3, -0.25) is 9.59 Å². The molecule has 1 heterocycles. The lowest BCUT2D eigenvalue weighted by molar-refractivity contribution is 0.00303. The Morgan fingerprint density at radius 3 is 2.44 bits per heavy atom. The molecule has 3 atom stereocenters. The van der Waals surface area contributed by atoms with Gasteiger partial charge in [0.25, 0.3) is 10.9 Å². The molecule has 0 radical (unpaired) electrons. The van der Waals surface area contributed by atoms with Gasteiger partial charge in [-0.1, -0.05) is 75.3 Å². The highest BCUT2D eigenvalue weighted by atomic mass is 16.5. The predicted octanol–water partition coefficient (Wildman–Crippen LogP) is 4.77. The minimum absolute atomic E-state index is 0.0127. The van der Waals surface area contributed by atoms with Crippen LogP contribution in [0.5, 0.6) is 0 Å². The molecule has 0 aromatic heterocycles. The summed E-state index contributed by atoms with van der Waals surface area (Å²) in [4.78, 5) is 27.6. The highest BCUT2D eigenvalue weighted by Crippen LogP contribution is 2.38. The molecular formula is C30H43N3O3. The first-order chi connectivity index (χ1) is 17.6. The lowest BCUT2D eigenvalue weighted by atomic mass is 9.84. The van der Waals surface area contributed by atoms with E-state index in [0.29, 0.717) is 23.8 Å². The molecule has 0 spiro atoms. The van der Waals surface area contributed by atoms with Crippen LogP contribution in [-0.2, 0) is 4.74 Å². The van der Waals surface area contributed by atoms with Gasteiger partial charge >= 0.3 is 0 Å². The van der Waals surface area contributed by atoms with Crippen molar-refractivity contribution in [2.75, 3.05) is 36.5 Å². The number of piperidine rings is 1. The maximum absolute atomic E-state index is 12.8. The molecule has 1 aliphatic heterocycles. The number of hydrogen-bond donors (Lipinski definition) is 2. The van der Waals surface area contributed by atoms with Crippen molar-refractivity contribution in [1.29, 1.82) is 0 Å². The van der Waals surface area contributed by atoms with Crippen LogP contribution in [0.2, 0.25) is 0 Å². The van der Waals surface area contributed by atoms with Gasteiger partial charge in [0.2, 0.25) is 0 Å². The topological polar surface area (TPSA) is 84.7 Å². The zero-order valence-electron chi connectivity index (χ0n) is 21.6. The molecule has 6 heteroatoms. The summed E-state index contributed by atoms with van der Waals surface area (Å²) in [7, 11) is 0. The van der Waals surface area contributed by atoms with Crippen LogP contribution in [0.3, 0.4) is 0 Å². The Hall–Kier alpha value is -2.18. The predicted molar refractivity (Wildman–Crippen MR) is 146 cm³/mol. The van der Waals surface area contributed by atoms with Crippen LogP contribution in [0.1, 0.15) is 82.3 Å². The number of rotatable bonds is 12. The van der Waals surface area contributed by atoms with Gasteiger partial charge in [-0.05, 0) is 43.1 Å². The summed E-state index contributed by atoms with van der Waals surface area (Å²) < 4.78 is 6.51. The van der Waals surface area contributed by atoms with Crippen LogP contribution in [-0.4, -0.2) is 32.3 Å². The van der Waals surface area contributed by atoms with Gasteiger partial charge in [-0.15, -0.1) is 0 Å². The van der Waals surface area contributed by atoms with Crippen molar-refractivity contribution < 1.29 is 4.74 Å². The van der Waals surface area contributed by atoms with Crippen molar-refractivity contribution in [3.63, 3.8) is 0 Å². The Morgan fingerprint density at radius 2 is 1.72 bits per heavy atom. The van der Waals surface area contributed by atoms with Gasteiger partial charge in [0, 0.05) is 38.2 Å². The second-order valence-corrected chi connectivity index (χ2v) is 11.5. The van der Waals surface area contributed by atoms with Crippen LogP contribution in [0.25, 0.3) is 0 Å². The fraction of sp³-hybridized carbons (Fsp3) is 0.667. The van der Waals surface area contributed by atoms with Gasteiger partial charge < -0.3 is 20.7 Å². The molecule has 5 rings (SSSR count). The van der Waals surface area contributed by atoms with E-state index in [9.17, 15) is 9.59 Å². The minimum atomic E-state index is -0.380. The first-order valence-corrected chi connectivity index (χ1v) is 14.4. The Kier molecular flexibility index (Phi) is 8.43. The van der Waals surface area contributed by atoms with E-state index in [2.05, 4.69) is 34.5 Å². The number of nitrogens with zero attached hydrogens (tertiary/aromatic N) is 1. The zero-order valence-corrected chi connectivity index (χ0v) is 21.6. The summed E-state index contributed by atoms with van der Waals surface area (Å²) in [6.45, 7) is 2.79. The van der Waals surface area contributed by atoms with E-state index >= 15 is 0 Å².